The first-order valence-electron chi connectivity index (χ1n) is 8.59. The molecule has 136 valence electrons. The molecule has 0 unspecified atom stereocenters. The number of para-hydroxylation sites is 2. The summed E-state index contributed by atoms with van der Waals surface area (Å²) in [6.07, 6.45) is 0. The zero-order chi connectivity index (χ0) is 18.7. The summed E-state index contributed by atoms with van der Waals surface area (Å²) in [5, 5.41) is 0. The molecule has 6 nitrogen and oxygen atoms in total. The SMILES string of the molecule is COc1ccc(C(=O)C[n+]2c(N)n(CCN(C)C)c3ccccc32)cc1. The van der Waals surface area contributed by atoms with E-state index in [0.717, 1.165) is 29.9 Å². The van der Waals surface area contributed by atoms with Crippen LogP contribution in [0.5, 0.6) is 5.75 Å². The van der Waals surface area contributed by atoms with Crippen LogP contribution in [0.25, 0.3) is 11.0 Å². The lowest BCUT2D eigenvalue weighted by molar-refractivity contribution is -0.642. The summed E-state index contributed by atoms with van der Waals surface area (Å²) in [6.45, 7) is 1.84. The van der Waals surface area contributed by atoms with Crippen molar-refractivity contribution in [2.45, 2.75) is 13.1 Å². The molecule has 3 rings (SSSR count). The second-order valence-corrected chi connectivity index (χ2v) is 6.54. The number of hydrogen-bond acceptors (Lipinski definition) is 4. The summed E-state index contributed by atoms with van der Waals surface area (Å²) in [5.74, 6) is 1.34. The van der Waals surface area contributed by atoms with Crippen molar-refractivity contribution in [3.63, 3.8) is 0 Å². The topological polar surface area (TPSA) is 64.4 Å². The van der Waals surface area contributed by atoms with Crippen molar-refractivity contribution in [3.8, 4) is 5.75 Å². The molecule has 3 aromatic rings. The number of nitrogens with two attached hydrogens (primary N) is 1. The van der Waals surface area contributed by atoms with Gasteiger partial charge in [0.1, 0.15) is 23.3 Å². The Morgan fingerprint density at radius 1 is 1.15 bits per heavy atom. The Bertz CT molecular complexity index is 913. The zero-order valence-electron chi connectivity index (χ0n) is 15.5. The van der Waals surface area contributed by atoms with E-state index in [-0.39, 0.29) is 12.3 Å². The number of carbonyl (C=O) groups is 1. The lowest BCUT2D eigenvalue weighted by Crippen LogP contribution is -2.40. The first-order valence-corrected chi connectivity index (χ1v) is 8.59. The number of anilines is 1. The van der Waals surface area contributed by atoms with Gasteiger partial charge in [-0.3, -0.25) is 10.5 Å². The lowest BCUT2D eigenvalue weighted by atomic mass is 10.1. The van der Waals surface area contributed by atoms with Gasteiger partial charge in [0, 0.05) is 12.1 Å². The number of nitrogen functional groups attached to an aromatic ring is 1. The Morgan fingerprint density at radius 3 is 2.50 bits per heavy atom. The minimum absolute atomic E-state index is 0.0138. The summed E-state index contributed by atoms with van der Waals surface area (Å²) in [4.78, 5) is 14.9. The number of methoxy groups -OCH3 is 1. The molecule has 6 heteroatoms. The van der Waals surface area contributed by atoms with Crippen LogP contribution in [0.4, 0.5) is 5.95 Å². The molecule has 0 saturated carbocycles. The number of likely N-dealkylation sites (N-methyl/N-ethyl adjacent to an activating group) is 1. The maximum Gasteiger partial charge on any atom is 0.356 e. The highest BCUT2D eigenvalue weighted by Gasteiger charge is 2.23. The molecule has 0 amide bonds. The van der Waals surface area contributed by atoms with Gasteiger partial charge in [-0.2, -0.15) is 0 Å². The number of hydrogen-bond donors (Lipinski definition) is 1. The van der Waals surface area contributed by atoms with Crippen LogP contribution in [-0.2, 0) is 13.1 Å². The molecule has 0 fully saturated rings. The first kappa shape index (κ1) is 17.9. The third kappa shape index (κ3) is 3.55. The summed E-state index contributed by atoms with van der Waals surface area (Å²) in [7, 11) is 5.67. The fraction of sp³-hybridized carbons (Fsp3) is 0.300. The van der Waals surface area contributed by atoms with Gasteiger partial charge < -0.3 is 9.64 Å². The third-order valence-electron chi connectivity index (χ3n) is 4.50. The first-order chi connectivity index (χ1) is 12.5. The maximum absolute atomic E-state index is 12.8. The second-order valence-electron chi connectivity index (χ2n) is 6.54. The van der Waals surface area contributed by atoms with Crippen LogP contribution < -0.4 is 15.0 Å². The molecule has 0 atom stereocenters. The highest BCUT2D eigenvalue weighted by Crippen LogP contribution is 2.17. The third-order valence-corrected chi connectivity index (χ3v) is 4.50. The van der Waals surface area contributed by atoms with Crippen LogP contribution in [0.3, 0.4) is 0 Å². The largest absolute Gasteiger partial charge is 0.497 e. The molecular weight excluding hydrogens is 328 g/mol. The van der Waals surface area contributed by atoms with Crippen LogP contribution in [0.2, 0.25) is 0 Å². The smallest absolute Gasteiger partial charge is 0.356 e. The van der Waals surface area contributed by atoms with Crippen LogP contribution in [-0.4, -0.2) is 43.0 Å². The summed E-state index contributed by atoms with van der Waals surface area (Å²) in [5.41, 5.74) is 9.05. The van der Waals surface area contributed by atoms with Crippen LogP contribution in [0.15, 0.2) is 48.5 Å². The Morgan fingerprint density at radius 2 is 1.85 bits per heavy atom. The number of carbonyl (C=O) groups excluding carboxylic acids is 1. The predicted molar refractivity (Wildman–Crippen MR) is 102 cm³/mol. The van der Waals surface area contributed by atoms with E-state index in [2.05, 4.69) is 9.47 Å². The quantitative estimate of drug-likeness (QED) is 0.521. The van der Waals surface area contributed by atoms with Crippen LogP contribution in [0.1, 0.15) is 10.4 Å². The van der Waals surface area contributed by atoms with Crippen molar-refractivity contribution in [2.75, 3.05) is 33.5 Å². The lowest BCUT2D eigenvalue weighted by Gasteiger charge is -2.08. The van der Waals surface area contributed by atoms with E-state index in [1.54, 1.807) is 31.4 Å². The molecule has 26 heavy (non-hydrogen) atoms. The molecule has 1 aromatic heterocycles. The van der Waals surface area contributed by atoms with E-state index in [1.807, 2.05) is 42.9 Å². The number of aromatic nitrogens is 2. The Balaban J connectivity index is 1.93. The Hall–Kier alpha value is -2.86. The molecule has 0 radical (unpaired) electrons. The average Bonchev–Trinajstić information content (AvgIpc) is 2.91. The molecular formula is C20H25N4O2+. The second kappa shape index (κ2) is 7.58. The number of Topliss-reactive ketones (excluding diaryl/α,β-unsaturated/α-hetero) is 1. The highest BCUT2D eigenvalue weighted by molar-refractivity contribution is 5.95. The highest BCUT2D eigenvalue weighted by atomic mass is 16.5. The van der Waals surface area contributed by atoms with Crippen molar-refractivity contribution in [1.29, 1.82) is 0 Å². The predicted octanol–water partition coefficient (Wildman–Crippen LogP) is 1.96. The number of benzene rings is 2. The van der Waals surface area contributed by atoms with E-state index in [0.29, 0.717) is 11.5 Å². The number of ether oxygens (including phenoxy) is 1. The van der Waals surface area contributed by atoms with Gasteiger partial charge in [-0.25, -0.2) is 9.13 Å². The molecule has 0 bridgehead atoms. The van der Waals surface area contributed by atoms with Gasteiger partial charge in [-0.15, -0.1) is 0 Å². The van der Waals surface area contributed by atoms with Crippen LogP contribution in [0, 0.1) is 0 Å². The fourth-order valence-electron chi connectivity index (χ4n) is 3.03. The Kier molecular flexibility index (Phi) is 5.23. The number of rotatable bonds is 7. The van der Waals surface area contributed by atoms with E-state index in [9.17, 15) is 4.79 Å². The number of imidazole rings is 1. The minimum Gasteiger partial charge on any atom is -0.497 e. The number of nitrogens with zero attached hydrogens (tertiary/aromatic N) is 3. The molecule has 0 aliphatic carbocycles. The zero-order valence-corrected chi connectivity index (χ0v) is 15.5. The molecule has 0 aliphatic rings. The monoisotopic (exact) mass is 353 g/mol. The fourth-order valence-corrected chi connectivity index (χ4v) is 3.03. The summed E-state index contributed by atoms with van der Waals surface area (Å²) < 4.78 is 9.10. The summed E-state index contributed by atoms with van der Waals surface area (Å²) in [6, 6.07) is 15.1. The van der Waals surface area contributed by atoms with Gasteiger partial charge in [0.2, 0.25) is 0 Å². The van der Waals surface area contributed by atoms with Crippen molar-refractivity contribution in [1.82, 2.24) is 9.47 Å². The van der Waals surface area contributed by atoms with Crippen molar-refractivity contribution < 1.29 is 14.1 Å². The normalized spacial score (nSPS) is 11.2. The van der Waals surface area contributed by atoms with Gasteiger partial charge in [-0.05, 0) is 50.5 Å². The average molecular weight is 353 g/mol. The Labute approximate surface area is 153 Å². The van der Waals surface area contributed by atoms with E-state index < -0.39 is 0 Å². The van der Waals surface area contributed by atoms with Gasteiger partial charge in [-0.1, -0.05) is 12.1 Å². The molecule has 0 saturated heterocycles. The standard InChI is InChI=1S/C20H24N4O2/c1-22(2)12-13-23-17-6-4-5-7-18(17)24(20(23)21)14-19(25)15-8-10-16(26-3)11-9-15/h4-11,21H,12-14H2,1-3H3/p+1. The molecule has 2 N–H and O–H groups in total. The van der Waals surface area contributed by atoms with E-state index >= 15 is 0 Å². The van der Waals surface area contributed by atoms with Crippen LogP contribution >= 0.6 is 0 Å². The van der Waals surface area contributed by atoms with Crippen molar-refractivity contribution >= 4 is 22.8 Å². The molecule has 2 aromatic carbocycles. The molecule has 1 heterocycles. The summed E-state index contributed by atoms with van der Waals surface area (Å²) >= 11 is 0. The number of ketones is 1. The van der Waals surface area contributed by atoms with Gasteiger partial charge in [0.25, 0.3) is 0 Å². The van der Waals surface area contributed by atoms with Gasteiger partial charge in [0.15, 0.2) is 5.78 Å². The van der Waals surface area contributed by atoms with Crippen molar-refractivity contribution in [3.05, 3.63) is 54.1 Å². The number of fused-ring (bicyclic) bond motifs is 1. The van der Waals surface area contributed by atoms with Crippen molar-refractivity contribution in [2.24, 2.45) is 0 Å². The van der Waals surface area contributed by atoms with E-state index in [1.165, 1.54) is 0 Å². The molecule has 0 aliphatic heterocycles. The maximum atomic E-state index is 12.8. The van der Waals surface area contributed by atoms with Gasteiger partial charge >= 0.3 is 5.95 Å². The minimum atomic E-state index is 0.0138. The van der Waals surface area contributed by atoms with E-state index in [4.69, 9.17) is 10.5 Å². The molecule has 0 spiro atoms. The van der Waals surface area contributed by atoms with Gasteiger partial charge in [0.05, 0.1) is 13.7 Å².